The molecule has 9 nitrogen and oxygen atoms in total. The number of benzene rings is 1. The fourth-order valence-corrected chi connectivity index (χ4v) is 7.05. The van der Waals surface area contributed by atoms with Crippen molar-refractivity contribution in [1.29, 1.82) is 0 Å². The number of carbonyl (C=O) groups excluding carboxylic acids is 2. The van der Waals surface area contributed by atoms with Crippen LogP contribution in [0.2, 0.25) is 0 Å². The summed E-state index contributed by atoms with van der Waals surface area (Å²) in [4.78, 5) is 32.8. The van der Waals surface area contributed by atoms with Crippen LogP contribution in [0.15, 0.2) is 41.4 Å². The Kier molecular flexibility index (Phi) is 8.58. The van der Waals surface area contributed by atoms with Crippen LogP contribution < -0.4 is 5.48 Å². The van der Waals surface area contributed by atoms with Crippen LogP contribution in [0.4, 0.5) is 0 Å². The molecule has 10 heteroatoms. The lowest BCUT2D eigenvalue weighted by Gasteiger charge is -2.35. The average Bonchev–Trinajstić information content (AvgIpc) is 3.43. The molecular weight excluding hydrogens is 480 g/mol. The van der Waals surface area contributed by atoms with Crippen molar-refractivity contribution in [2.45, 2.75) is 56.3 Å². The molecule has 1 aromatic heterocycles. The van der Waals surface area contributed by atoms with Crippen molar-refractivity contribution < 1.29 is 23.2 Å². The van der Waals surface area contributed by atoms with Gasteiger partial charge in [0.25, 0.3) is 0 Å². The Balaban J connectivity index is 1.64. The number of amides is 2. The third-order valence-corrected chi connectivity index (χ3v) is 9.57. The van der Waals surface area contributed by atoms with Gasteiger partial charge < -0.3 is 4.90 Å². The summed E-state index contributed by atoms with van der Waals surface area (Å²) in [6.07, 6.45) is 9.12. The number of hydroxylamine groups is 1. The third-order valence-electron chi connectivity index (χ3n) is 7.72. The highest BCUT2D eigenvalue weighted by atomic mass is 32.2. The molecule has 2 aliphatic rings. The fraction of sp³-hybridized carbons (Fsp3) is 0.577. The first kappa shape index (κ1) is 26.5. The van der Waals surface area contributed by atoms with Gasteiger partial charge in [-0.05, 0) is 43.7 Å². The number of hydrogen-bond donors (Lipinski definition) is 2. The molecule has 2 N–H and O–H groups in total. The van der Waals surface area contributed by atoms with E-state index in [4.69, 9.17) is 0 Å². The molecule has 1 saturated heterocycles. The summed E-state index contributed by atoms with van der Waals surface area (Å²) in [5, 5.41) is 10.3. The minimum Gasteiger partial charge on any atom is -0.342 e. The van der Waals surface area contributed by atoms with Gasteiger partial charge in [-0.3, -0.25) is 19.8 Å². The van der Waals surface area contributed by atoms with E-state index in [9.17, 15) is 23.2 Å². The van der Waals surface area contributed by atoms with Crippen LogP contribution in [0, 0.1) is 17.8 Å². The average molecular weight is 517 g/mol. The number of carbonyl (C=O) groups is 2. The zero-order valence-electron chi connectivity index (χ0n) is 20.8. The number of hydrogen-bond acceptors (Lipinski definition) is 6. The van der Waals surface area contributed by atoms with Crippen LogP contribution in [-0.4, -0.2) is 66.3 Å². The number of piperidine rings is 1. The summed E-state index contributed by atoms with van der Waals surface area (Å²) < 4.78 is 28.4. The molecule has 0 bridgehead atoms. The monoisotopic (exact) mass is 516 g/mol. The minimum absolute atomic E-state index is 0.0426. The molecule has 0 spiro atoms. The number of pyridine rings is 1. The lowest BCUT2D eigenvalue weighted by molar-refractivity contribution is -0.146. The number of aromatic nitrogens is 1. The maximum absolute atomic E-state index is 13.7. The van der Waals surface area contributed by atoms with E-state index in [-0.39, 0.29) is 17.3 Å². The topological polar surface area (TPSA) is 120 Å². The van der Waals surface area contributed by atoms with Crippen molar-refractivity contribution >= 4 is 32.7 Å². The Morgan fingerprint density at radius 2 is 1.78 bits per heavy atom. The Labute approximate surface area is 212 Å². The Bertz CT molecular complexity index is 1170. The number of nitrogens with zero attached hydrogens (tertiary/aromatic N) is 3. The van der Waals surface area contributed by atoms with E-state index in [0.717, 1.165) is 49.3 Å². The number of para-hydroxylation sites is 1. The molecule has 196 valence electrons. The first-order chi connectivity index (χ1) is 17.3. The van der Waals surface area contributed by atoms with Gasteiger partial charge in [0.15, 0.2) is 0 Å². The van der Waals surface area contributed by atoms with E-state index < -0.39 is 27.8 Å². The van der Waals surface area contributed by atoms with Crippen molar-refractivity contribution in [3.63, 3.8) is 0 Å². The summed E-state index contributed by atoms with van der Waals surface area (Å²) in [5.74, 6) is -2.27. The summed E-state index contributed by atoms with van der Waals surface area (Å²) in [6.45, 7) is 1.06. The fourth-order valence-electron chi connectivity index (χ4n) is 5.69. The van der Waals surface area contributed by atoms with Gasteiger partial charge >= 0.3 is 0 Å². The molecule has 1 aromatic carbocycles. The van der Waals surface area contributed by atoms with Crippen molar-refractivity contribution in [2.75, 3.05) is 26.7 Å². The van der Waals surface area contributed by atoms with Gasteiger partial charge in [0.05, 0.1) is 17.4 Å². The first-order valence-electron chi connectivity index (χ1n) is 12.9. The molecule has 1 aliphatic carbocycles. The number of likely N-dealkylation sites (tertiary alicyclic amines) is 1. The van der Waals surface area contributed by atoms with E-state index in [1.165, 1.54) is 19.3 Å². The van der Waals surface area contributed by atoms with E-state index >= 15 is 0 Å². The smallest absolute Gasteiger partial charge is 0.248 e. The molecule has 4 rings (SSSR count). The van der Waals surface area contributed by atoms with Crippen molar-refractivity contribution in [2.24, 2.45) is 17.8 Å². The van der Waals surface area contributed by atoms with Crippen LogP contribution in [0.1, 0.15) is 51.4 Å². The molecule has 2 atom stereocenters. The van der Waals surface area contributed by atoms with Gasteiger partial charge in [0.1, 0.15) is 4.90 Å². The van der Waals surface area contributed by atoms with Crippen molar-refractivity contribution in [1.82, 2.24) is 19.7 Å². The second-order valence-corrected chi connectivity index (χ2v) is 12.1. The highest BCUT2D eigenvalue weighted by Crippen LogP contribution is 2.35. The minimum atomic E-state index is -4.03. The van der Waals surface area contributed by atoms with Crippen LogP contribution in [-0.2, 0) is 19.6 Å². The van der Waals surface area contributed by atoms with Crippen LogP contribution in [0.3, 0.4) is 0 Å². The molecular formula is C26H36N4O5S. The second-order valence-electron chi connectivity index (χ2n) is 10.1. The Morgan fingerprint density at radius 1 is 1.08 bits per heavy atom. The summed E-state index contributed by atoms with van der Waals surface area (Å²) in [6, 6.07) is 8.48. The molecule has 2 aromatic rings. The molecule has 1 saturated carbocycles. The molecule has 0 unspecified atom stereocenters. The van der Waals surface area contributed by atoms with Gasteiger partial charge in [-0.25, -0.2) is 18.2 Å². The summed E-state index contributed by atoms with van der Waals surface area (Å²) in [7, 11) is -2.62. The summed E-state index contributed by atoms with van der Waals surface area (Å²) in [5.41, 5.74) is 2.06. The molecule has 1 aliphatic heterocycles. The van der Waals surface area contributed by atoms with Crippen molar-refractivity contribution in [3.8, 4) is 0 Å². The van der Waals surface area contributed by atoms with Crippen molar-refractivity contribution in [3.05, 3.63) is 36.5 Å². The van der Waals surface area contributed by atoms with Gasteiger partial charge in [-0.2, -0.15) is 0 Å². The largest absolute Gasteiger partial charge is 0.342 e. The van der Waals surface area contributed by atoms with Gasteiger partial charge in [0.2, 0.25) is 21.8 Å². The molecule has 36 heavy (non-hydrogen) atoms. The zero-order chi connectivity index (χ0) is 25.7. The first-order valence-corrected chi connectivity index (χ1v) is 14.3. The number of rotatable bonds is 9. The van der Waals surface area contributed by atoms with Gasteiger partial charge in [0, 0.05) is 38.3 Å². The molecule has 2 heterocycles. The van der Waals surface area contributed by atoms with E-state index in [0.29, 0.717) is 36.3 Å². The lowest BCUT2D eigenvalue weighted by atomic mass is 9.81. The third kappa shape index (κ3) is 5.71. The Morgan fingerprint density at radius 3 is 2.47 bits per heavy atom. The van der Waals surface area contributed by atoms with Gasteiger partial charge in [-0.1, -0.05) is 43.9 Å². The second kappa shape index (κ2) is 11.7. The number of fused-ring (bicyclic) bond motifs is 1. The molecule has 2 fully saturated rings. The molecule has 0 radical (unpaired) electrons. The maximum Gasteiger partial charge on any atom is 0.248 e. The SMILES string of the molecule is CN(C[C@H](C(=O)NO)[C@@H](CC1CCCC1)C(=O)N1CCCCC1)S(=O)(=O)c1cccc2cccnc12. The molecule has 2 amide bonds. The lowest BCUT2D eigenvalue weighted by Crippen LogP contribution is -2.49. The quantitative estimate of drug-likeness (QED) is 0.390. The summed E-state index contributed by atoms with van der Waals surface area (Å²) >= 11 is 0. The van der Waals surface area contributed by atoms with Crippen LogP contribution in [0.25, 0.3) is 10.9 Å². The normalized spacial score (nSPS) is 18.9. The van der Waals surface area contributed by atoms with Crippen LogP contribution in [0.5, 0.6) is 0 Å². The predicted molar refractivity (Wildman–Crippen MR) is 135 cm³/mol. The van der Waals surface area contributed by atoms with E-state index in [1.807, 2.05) is 4.90 Å². The number of nitrogens with one attached hydrogen (secondary N) is 1. The predicted octanol–water partition coefficient (Wildman–Crippen LogP) is 3.19. The maximum atomic E-state index is 13.7. The van der Waals surface area contributed by atoms with E-state index in [1.54, 1.807) is 29.7 Å². The zero-order valence-corrected chi connectivity index (χ0v) is 21.6. The van der Waals surface area contributed by atoms with Crippen LogP contribution >= 0.6 is 0 Å². The highest BCUT2D eigenvalue weighted by molar-refractivity contribution is 7.89. The van der Waals surface area contributed by atoms with Gasteiger partial charge in [-0.15, -0.1) is 0 Å². The number of sulfonamides is 1. The highest BCUT2D eigenvalue weighted by Gasteiger charge is 2.40. The Hall–Kier alpha value is -2.56. The standard InChI is InChI=1S/C26H36N4O5S/c1-29(36(34,35)23-13-7-11-20-12-8-14-27-24(20)23)18-22(25(31)28-33)21(17-19-9-3-4-10-19)26(32)30-15-5-2-6-16-30/h7-8,11-14,19,21-22,33H,2-6,9-10,15-18H2,1H3,(H,28,31)/t21-,22+/m1/s1. The van der Waals surface area contributed by atoms with E-state index in [2.05, 4.69) is 4.98 Å².